The van der Waals surface area contributed by atoms with Crippen molar-refractivity contribution in [2.75, 3.05) is 13.2 Å². The minimum absolute atomic E-state index is 0.158. The second-order valence-electron chi connectivity index (χ2n) is 3.49. The van der Waals surface area contributed by atoms with Gasteiger partial charge in [0.2, 0.25) is 5.91 Å². The van der Waals surface area contributed by atoms with Crippen molar-refractivity contribution >= 4 is 9.52 Å². The van der Waals surface area contributed by atoms with Gasteiger partial charge in [-0.3, -0.25) is 5.73 Å². The molecule has 0 aliphatic carbocycles. The van der Waals surface area contributed by atoms with Gasteiger partial charge in [-0.2, -0.15) is 0 Å². The van der Waals surface area contributed by atoms with Crippen LogP contribution in [0, 0.1) is 0 Å². The van der Waals surface area contributed by atoms with E-state index in [4.69, 9.17) is 15.2 Å². The summed E-state index contributed by atoms with van der Waals surface area (Å²) in [5.74, 6) is -0.828. The first-order chi connectivity index (χ1) is 6.68. The van der Waals surface area contributed by atoms with Crippen LogP contribution < -0.4 is 5.73 Å². The second-order valence-corrected chi connectivity index (χ2v) is 5.90. The molecule has 0 aromatic carbocycles. The lowest BCUT2D eigenvalue weighted by molar-refractivity contribution is -0.233. The Hall–Kier alpha value is 0.0969. The van der Waals surface area contributed by atoms with Crippen LogP contribution in [-0.4, -0.2) is 28.6 Å². The molecule has 0 aliphatic rings. The summed E-state index contributed by atoms with van der Waals surface area (Å²) in [6.07, 6.45) is 1.96. The maximum atomic E-state index is 5.97. The molecule has 0 heterocycles. The molecule has 14 heavy (non-hydrogen) atoms. The molecule has 0 spiro atoms. The predicted molar refractivity (Wildman–Crippen MR) is 63.2 cm³/mol. The highest BCUT2D eigenvalue weighted by Crippen LogP contribution is 2.15. The van der Waals surface area contributed by atoms with Crippen molar-refractivity contribution < 1.29 is 9.47 Å². The smallest absolute Gasteiger partial charge is 0.224 e. The van der Waals surface area contributed by atoms with Gasteiger partial charge in [0.05, 0.1) is 0 Å². The van der Waals surface area contributed by atoms with Gasteiger partial charge < -0.3 is 9.47 Å². The number of hydrogen-bond donors (Lipinski definition) is 1. The summed E-state index contributed by atoms with van der Waals surface area (Å²) < 4.78 is 10.8. The largest absolute Gasteiger partial charge is 0.338 e. The van der Waals surface area contributed by atoms with E-state index >= 15 is 0 Å². The SMILES string of the molecule is CCOC(N)(CCC[SiH2]CC)OCC. The third-order valence-electron chi connectivity index (χ3n) is 2.16. The summed E-state index contributed by atoms with van der Waals surface area (Å²) >= 11 is 0. The van der Waals surface area contributed by atoms with Crippen LogP contribution >= 0.6 is 0 Å². The van der Waals surface area contributed by atoms with E-state index in [1.165, 1.54) is 12.1 Å². The third-order valence-corrected chi connectivity index (χ3v) is 3.86. The van der Waals surface area contributed by atoms with Gasteiger partial charge in [-0.25, -0.2) is 0 Å². The second kappa shape index (κ2) is 8.41. The summed E-state index contributed by atoms with van der Waals surface area (Å²) in [4.78, 5) is 0. The molecule has 0 bridgehead atoms. The van der Waals surface area contributed by atoms with Crippen LogP contribution in [-0.2, 0) is 9.47 Å². The highest BCUT2D eigenvalue weighted by Gasteiger charge is 2.24. The quantitative estimate of drug-likeness (QED) is 0.363. The molecule has 0 radical (unpaired) electrons. The fraction of sp³-hybridized carbons (Fsp3) is 1.00. The van der Waals surface area contributed by atoms with E-state index in [2.05, 4.69) is 6.92 Å². The van der Waals surface area contributed by atoms with E-state index in [1.807, 2.05) is 13.8 Å². The summed E-state index contributed by atoms with van der Waals surface area (Å²) in [5.41, 5.74) is 5.97. The van der Waals surface area contributed by atoms with E-state index in [9.17, 15) is 0 Å². The van der Waals surface area contributed by atoms with E-state index in [-0.39, 0.29) is 9.52 Å². The van der Waals surface area contributed by atoms with Crippen LogP contribution in [0.2, 0.25) is 12.1 Å². The molecule has 0 rings (SSSR count). The van der Waals surface area contributed by atoms with E-state index in [0.717, 1.165) is 12.8 Å². The highest BCUT2D eigenvalue weighted by molar-refractivity contribution is 6.35. The van der Waals surface area contributed by atoms with Crippen molar-refractivity contribution in [2.45, 2.75) is 51.6 Å². The van der Waals surface area contributed by atoms with E-state index in [0.29, 0.717) is 13.2 Å². The maximum absolute atomic E-state index is 5.97. The summed E-state index contributed by atoms with van der Waals surface area (Å²) in [7, 11) is 0.158. The first-order valence-electron chi connectivity index (χ1n) is 5.75. The van der Waals surface area contributed by atoms with Crippen molar-refractivity contribution in [1.29, 1.82) is 0 Å². The van der Waals surface area contributed by atoms with Gasteiger partial charge in [0.1, 0.15) is 0 Å². The molecule has 0 aromatic heterocycles. The normalized spacial score (nSPS) is 12.9. The number of hydrogen-bond acceptors (Lipinski definition) is 3. The van der Waals surface area contributed by atoms with Crippen LogP contribution in [0.5, 0.6) is 0 Å². The minimum Gasteiger partial charge on any atom is -0.338 e. The molecule has 0 atom stereocenters. The molecule has 0 saturated carbocycles. The molecule has 0 aromatic rings. The van der Waals surface area contributed by atoms with Gasteiger partial charge in [0, 0.05) is 29.2 Å². The fourth-order valence-electron chi connectivity index (χ4n) is 1.47. The molecule has 0 amide bonds. The molecular weight excluding hydrogens is 194 g/mol. The Balaban J connectivity index is 3.71. The van der Waals surface area contributed by atoms with E-state index < -0.39 is 5.91 Å². The minimum atomic E-state index is -0.828. The third kappa shape index (κ3) is 6.54. The van der Waals surface area contributed by atoms with Gasteiger partial charge >= 0.3 is 0 Å². The predicted octanol–water partition coefficient (Wildman–Crippen LogP) is 1.48. The van der Waals surface area contributed by atoms with Crippen molar-refractivity contribution in [2.24, 2.45) is 5.73 Å². The van der Waals surface area contributed by atoms with E-state index in [1.54, 1.807) is 0 Å². The maximum Gasteiger partial charge on any atom is 0.224 e. The summed E-state index contributed by atoms with van der Waals surface area (Å²) in [6.45, 7) is 7.37. The molecule has 0 unspecified atom stereocenters. The van der Waals surface area contributed by atoms with Crippen LogP contribution in [0.25, 0.3) is 0 Å². The number of rotatable bonds is 9. The Morgan fingerprint density at radius 2 is 1.71 bits per heavy atom. The average molecular weight is 219 g/mol. The molecule has 0 aliphatic heterocycles. The first kappa shape index (κ1) is 14.1. The Bertz CT molecular complexity index is 127. The summed E-state index contributed by atoms with van der Waals surface area (Å²) in [6, 6.07) is 2.72. The van der Waals surface area contributed by atoms with Crippen molar-refractivity contribution in [3.8, 4) is 0 Å². The van der Waals surface area contributed by atoms with Crippen LogP contribution in [0.3, 0.4) is 0 Å². The number of ether oxygens (including phenoxy) is 2. The molecule has 0 saturated heterocycles. The monoisotopic (exact) mass is 219 g/mol. The van der Waals surface area contributed by atoms with Gasteiger partial charge in [0.25, 0.3) is 0 Å². The van der Waals surface area contributed by atoms with Crippen LogP contribution in [0.1, 0.15) is 33.6 Å². The van der Waals surface area contributed by atoms with Crippen molar-refractivity contribution in [1.82, 2.24) is 0 Å². The van der Waals surface area contributed by atoms with Gasteiger partial charge in [-0.15, -0.1) is 0 Å². The molecule has 86 valence electrons. The Labute approximate surface area is 90.2 Å². The summed E-state index contributed by atoms with van der Waals surface area (Å²) in [5, 5.41) is 0. The van der Waals surface area contributed by atoms with Crippen molar-refractivity contribution in [3.63, 3.8) is 0 Å². The molecule has 2 N–H and O–H groups in total. The molecule has 0 fully saturated rings. The van der Waals surface area contributed by atoms with Crippen LogP contribution in [0.15, 0.2) is 0 Å². The van der Waals surface area contributed by atoms with Crippen LogP contribution in [0.4, 0.5) is 0 Å². The first-order valence-corrected chi connectivity index (χ1v) is 7.75. The highest BCUT2D eigenvalue weighted by atomic mass is 28.2. The molecule has 3 nitrogen and oxygen atoms in total. The standard InChI is InChI=1S/C10H25NO2Si/c1-4-12-10(11,13-5-2)8-7-9-14-6-3/h4-9,11,14H2,1-3H3. The van der Waals surface area contributed by atoms with Gasteiger partial charge in [-0.05, 0) is 20.3 Å². The number of nitrogens with two attached hydrogens (primary N) is 1. The average Bonchev–Trinajstić information content (AvgIpc) is 2.13. The lowest BCUT2D eigenvalue weighted by Gasteiger charge is -2.28. The topological polar surface area (TPSA) is 44.5 Å². The zero-order valence-electron chi connectivity index (χ0n) is 9.84. The van der Waals surface area contributed by atoms with Gasteiger partial charge in [-0.1, -0.05) is 19.0 Å². The Morgan fingerprint density at radius 1 is 1.14 bits per heavy atom. The zero-order chi connectivity index (χ0) is 10.9. The fourth-order valence-corrected chi connectivity index (χ4v) is 2.58. The van der Waals surface area contributed by atoms with Gasteiger partial charge in [0.15, 0.2) is 0 Å². The lowest BCUT2D eigenvalue weighted by atomic mass is 10.2. The molecule has 4 heteroatoms. The lowest BCUT2D eigenvalue weighted by Crippen LogP contribution is -2.45. The molecular formula is C10H25NO2Si. The Kier molecular flexibility index (Phi) is 8.47. The zero-order valence-corrected chi connectivity index (χ0v) is 11.3. The Morgan fingerprint density at radius 3 is 2.14 bits per heavy atom. The van der Waals surface area contributed by atoms with Crippen molar-refractivity contribution in [3.05, 3.63) is 0 Å².